The third-order valence-corrected chi connectivity index (χ3v) is 5.17. The summed E-state index contributed by atoms with van der Waals surface area (Å²) >= 11 is 5.88. The fourth-order valence-electron chi connectivity index (χ4n) is 1.85. The summed E-state index contributed by atoms with van der Waals surface area (Å²) in [6, 6.07) is 9.81. The highest BCUT2D eigenvalue weighted by Gasteiger charge is 2.23. The summed E-state index contributed by atoms with van der Waals surface area (Å²) in [6.07, 6.45) is 0. The van der Waals surface area contributed by atoms with Gasteiger partial charge in [0.15, 0.2) is 0 Å². The molecule has 0 fully saturated rings. The Morgan fingerprint density at radius 3 is 2.48 bits per heavy atom. The van der Waals surface area contributed by atoms with Crippen LogP contribution in [0.2, 0.25) is 5.02 Å². The molecule has 0 aliphatic rings. The zero-order valence-electron chi connectivity index (χ0n) is 12.2. The van der Waals surface area contributed by atoms with Crippen molar-refractivity contribution >= 4 is 34.0 Å². The topological polar surface area (TPSA) is 46.2 Å². The molecule has 2 atom stereocenters. The molecule has 1 N–H and O–H groups in total. The van der Waals surface area contributed by atoms with Gasteiger partial charge in [0.2, 0.25) is 5.91 Å². The van der Waals surface area contributed by atoms with E-state index in [0.29, 0.717) is 0 Å². The first-order valence-electron chi connectivity index (χ1n) is 6.75. The molecule has 0 radical (unpaired) electrons. The molecule has 0 saturated carbocycles. The van der Waals surface area contributed by atoms with E-state index >= 15 is 0 Å². The largest absolute Gasteiger partial charge is 0.323 e. The highest BCUT2D eigenvalue weighted by molar-refractivity contribution is 7.85. The zero-order valence-corrected chi connectivity index (χ0v) is 13.8. The fourth-order valence-corrected chi connectivity index (χ4v) is 3.29. The molecule has 0 spiro atoms. The number of carbonyl (C=O) groups excluding carboxylic acids is 1. The predicted molar refractivity (Wildman–Crippen MR) is 87.7 cm³/mol. The minimum atomic E-state index is -1.71. The van der Waals surface area contributed by atoms with Crippen LogP contribution in [-0.4, -0.2) is 15.4 Å². The first-order chi connectivity index (χ1) is 10.9. The molecule has 0 heterocycles. The van der Waals surface area contributed by atoms with Crippen molar-refractivity contribution in [3.8, 4) is 0 Å². The van der Waals surface area contributed by atoms with Gasteiger partial charge in [0.25, 0.3) is 0 Å². The maximum Gasteiger partial charge on any atom is 0.239 e. The molecular weight excluding hydrogens is 344 g/mol. The van der Waals surface area contributed by atoms with Crippen molar-refractivity contribution in [1.82, 2.24) is 0 Å². The van der Waals surface area contributed by atoms with Gasteiger partial charge >= 0.3 is 0 Å². The highest BCUT2D eigenvalue weighted by Crippen LogP contribution is 2.22. The Labute approximate surface area is 140 Å². The third kappa shape index (κ3) is 4.36. The van der Waals surface area contributed by atoms with E-state index in [1.165, 1.54) is 43.3 Å². The number of carbonyl (C=O) groups is 1. The van der Waals surface area contributed by atoms with Gasteiger partial charge in [-0.1, -0.05) is 29.8 Å². The Bertz CT molecular complexity index is 734. The van der Waals surface area contributed by atoms with Crippen LogP contribution >= 0.6 is 11.6 Å². The summed E-state index contributed by atoms with van der Waals surface area (Å²) in [4.78, 5) is 12.1. The number of para-hydroxylation sites is 1. The van der Waals surface area contributed by atoms with E-state index in [1.54, 1.807) is 6.07 Å². The molecule has 2 rings (SSSR count). The van der Waals surface area contributed by atoms with Crippen LogP contribution < -0.4 is 5.32 Å². The molecule has 0 aliphatic carbocycles. The van der Waals surface area contributed by atoms with E-state index in [1.807, 2.05) is 0 Å². The Hall–Kier alpha value is -1.79. The van der Waals surface area contributed by atoms with E-state index in [0.717, 1.165) is 0 Å². The van der Waals surface area contributed by atoms with Gasteiger partial charge in [-0.3, -0.25) is 9.00 Å². The van der Waals surface area contributed by atoms with Crippen molar-refractivity contribution in [1.29, 1.82) is 0 Å². The summed E-state index contributed by atoms with van der Waals surface area (Å²) in [5.74, 6) is -1.97. The number of hydrogen-bond acceptors (Lipinski definition) is 2. The summed E-state index contributed by atoms with van der Waals surface area (Å²) in [5.41, 5.74) is 0.100. The summed E-state index contributed by atoms with van der Waals surface area (Å²) in [5, 5.41) is 1.57. The van der Waals surface area contributed by atoms with Crippen molar-refractivity contribution in [3.63, 3.8) is 0 Å². The molecule has 3 nitrogen and oxygen atoms in total. The van der Waals surface area contributed by atoms with Crippen molar-refractivity contribution in [2.75, 3.05) is 5.32 Å². The second kappa shape index (κ2) is 7.66. The molecule has 7 heteroatoms. The number of amides is 1. The molecule has 0 bridgehead atoms. The number of hydrogen-bond donors (Lipinski definition) is 1. The molecular formula is C16H14ClF2NO2S. The fraction of sp³-hybridized carbons (Fsp3) is 0.188. The SMILES string of the molecule is C[C@@H](C(=O)Nc1ccccc1F)[S@@](=O)Cc1c(F)cccc1Cl. The van der Waals surface area contributed by atoms with E-state index in [-0.39, 0.29) is 22.0 Å². The first-order valence-corrected chi connectivity index (χ1v) is 8.51. The smallest absolute Gasteiger partial charge is 0.239 e. The number of benzene rings is 2. The molecule has 23 heavy (non-hydrogen) atoms. The van der Waals surface area contributed by atoms with Gasteiger partial charge in [0.1, 0.15) is 16.9 Å². The monoisotopic (exact) mass is 357 g/mol. The molecule has 0 aliphatic heterocycles. The number of anilines is 1. The van der Waals surface area contributed by atoms with Crippen LogP contribution in [0.15, 0.2) is 42.5 Å². The second-order valence-corrected chi connectivity index (χ2v) is 7.00. The van der Waals surface area contributed by atoms with Crippen LogP contribution in [0.4, 0.5) is 14.5 Å². The Morgan fingerprint density at radius 1 is 1.17 bits per heavy atom. The lowest BCUT2D eigenvalue weighted by Gasteiger charge is -2.13. The summed E-state index contributed by atoms with van der Waals surface area (Å²) < 4.78 is 39.5. The summed E-state index contributed by atoms with van der Waals surface area (Å²) in [6.45, 7) is 1.43. The maximum atomic E-state index is 13.7. The standard InChI is InChI=1S/C16H14ClF2NO2S/c1-10(16(21)20-15-8-3-2-6-14(15)19)23(22)9-11-12(17)5-4-7-13(11)18/h2-8,10H,9H2,1H3,(H,20,21)/t10-,23-/m0/s1. The molecule has 2 aromatic rings. The van der Waals surface area contributed by atoms with E-state index in [4.69, 9.17) is 11.6 Å². The van der Waals surface area contributed by atoms with Crippen LogP contribution in [0.1, 0.15) is 12.5 Å². The molecule has 0 aromatic heterocycles. The van der Waals surface area contributed by atoms with Gasteiger partial charge < -0.3 is 5.32 Å². The lowest BCUT2D eigenvalue weighted by Crippen LogP contribution is -2.30. The Balaban J connectivity index is 2.07. The quantitative estimate of drug-likeness (QED) is 0.882. The lowest BCUT2D eigenvalue weighted by atomic mass is 10.2. The Morgan fingerprint density at radius 2 is 1.83 bits per heavy atom. The Kier molecular flexibility index (Phi) is 5.85. The van der Waals surface area contributed by atoms with Gasteiger partial charge in [-0.2, -0.15) is 0 Å². The van der Waals surface area contributed by atoms with E-state index in [2.05, 4.69) is 5.32 Å². The molecule has 0 saturated heterocycles. The normalized spacial score (nSPS) is 13.4. The second-order valence-electron chi connectivity index (χ2n) is 4.84. The maximum absolute atomic E-state index is 13.7. The number of rotatable bonds is 5. The minimum absolute atomic E-state index is 0.00488. The van der Waals surface area contributed by atoms with Gasteiger partial charge in [-0.05, 0) is 31.2 Å². The zero-order chi connectivity index (χ0) is 17.0. The average molecular weight is 358 g/mol. The van der Waals surface area contributed by atoms with E-state index in [9.17, 15) is 17.8 Å². The van der Waals surface area contributed by atoms with Gasteiger partial charge in [-0.15, -0.1) is 0 Å². The van der Waals surface area contributed by atoms with Gasteiger partial charge in [-0.25, -0.2) is 8.78 Å². The lowest BCUT2D eigenvalue weighted by molar-refractivity contribution is -0.115. The predicted octanol–water partition coefficient (Wildman–Crippen LogP) is 3.89. The van der Waals surface area contributed by atoms with Gasteiger partial charge in [0, 0.05) is 21.4 Å². The summed E-state index contributed by atoms with van der Waals surface area (Å²) in [7, 11) is -1.71. The molecule has 122 valence electrons. The van der Waals surface area contributed by atoms with Crippen LogP contribution in [0.25, 0.3) is 0 Å². The van der Waals surface area contributed by atoms with Crippen molar-refractivity contribution in [2.45, 2.75) is 17.9 Å². The van der Waals surface area contributed by atoms with Crippen LogP contribution in [-0.2, 0) is 21.3 Å². The first kappa shape index (κ1) is 17.6. The third-order valence-electron chi connectivity index (χ3n) is 3.24. The molecule has 1 amide bonds. The van der Waals surface area contributed by atoms with Crippen molar-refractivity contribution < 1.29 is 17.8 Å². The van der Waals surface area contributed by atoms with E-state index < -0.39 is 33.6 Å². The molecule has 2 aromatic carbocycles. The minimum Gasteiger partial charge on any atom is -0.323 e. The van der Waals surface area contributed by atoms with Crippen LogP contribution in [0.5, 0.6) is 0 Å². The van der Waals surface area contributed by atoms with Crippen LogP contribution in [0.3, 0.4) is 0 Å². The highest BCUT2D eigenvalue weighted by atomic mass is 35.5. The average Bonchev–Trinajstić information content (AvgIpc) is 2.52. The number of halogens is 3. The number of nitrogens with one attached hydrogen (secondary N) is 1. The van der Waals surface area contributed by atoms with Crippen LogP contribution in [0, 0.1) is 11.6 Å². The van der Waals surface area contributed by atoms with Gasteiger partial charge in [0.05, 0.1) is 11.4 Å². The van der Waals surface area contributed by atoms with Crippen molar-refractivity contribution in [3.05, 3.63) is 64.7 Å². The molecule has 0 unspecified atom stereocenters. The van der Waals surface area contributed by atoms with Crippen molar-refractivity contribution in [2.24, 2.45) is 0 Å².